The Labute approximate surface area is 118 Å². The smallest absolute Gasteiger partial charge is 0.163 e. The molecule has 1 aliphatic heterocycles. The number of nitrogens with zero attached hydrogens (tertiary/aromatic N) is 2. The molecule has 0 spiro atoms. The average Bonchev–Trinajstić information content (AvgIpc) is 2.95. The molecule has 1 aliphatic rings. The van der Waals surface area contributed by atoms with Crippen molar-refractivity contribution in [2.75, 3.05) is 13.2 Å². The molecular formula is C15H19N3O2. The molecule has 5 nitrogen and oxygen atoms in total. The molecule has 0 saturated heterocycles. The average molecular weight is 273 g/mol. The molecule has 3 rings (SSSR count). The first-order chi connectivity index (χ1) is 9.66. The maximum atomic E-state index is 6.24. The van der Waals surface area contributed by atoms with Crippen LogP contribution in [0.2, 0.25) is 0 Å². The second-order valence-corrected chi connectivity index (χ2v) is 5.29. The quantitative estimate of drug-likeness (QED) is 0.932. The summed E-state index contributed by atoms with van der Waals surface area (Å²) in [6, 6.07) is 5.83. The van der Waals surface area contributed by atoms with Gasteiger partial charge in [-0.1, -0.05) is 13.8 Å². The molecule has 106 valence electrons. The van der Waals surface area contributed by atoms with E-state index in [9.17, 15) is 0 Å². The van der Waals surface area contributed by atoms with E-state index in [4.69, 9.17) is 15.2 Å². The van der Waals surface area contributed by atoms with Crippen LogP contribution in [0.4, 0.5) is 0 Å². The Morgan fingerprint density at radius 3 is 2.70 bits per heavy atom. The van der Waals surface area contributed by atoms with Crippen molar-refractivity contribution in [1.29, 1.82) is 0 Å². The molecule has 0 fully saturated rings. The number of aromatic nitrogens is 2. The Balaban J connectivity index is 1.99. The van der Waals surface area contributed by atoms with Gasteiger partial charge in [0, 0.05) is 12.1 Å². The summed E-state index contributed by atoms with van der Waals surface area (Å²) >= 11 is 0. The molecule has 0 radical (unpaired) electrons. The Morgan fingerprint density at radius 1 is 1.20 bits per heavy atom. The van der Waals surface area contributed by atoms with E-state index in [1.807, 2.05) is 29.0 Å². The summed E-state index contributed by atoms with van der Waals surface area (Å²) < 4.78 is 13.2. The minimum atomic E-state index is -0.0503. The second kappa shape index (κ2) is 5.17. The highest BCUT2D eigenvalue weighted by Crippen LogP contribution is 2.33. The fourth-order valence-corrected chi connectivity index (χ4v) is 2.29. The number of hydrogen-bond acceptors (Lipinski definition) is 4. The first-order valence-corrected chi connectivity index (χ1v) is 6.84. The third kappa shape index (κ3) is 2.25. The summed E-state index contributed by atoms with van der Waals surface area (Å²) in [7, 11) is 0. The molecule has 0 bridgehead atoms. The molecule has 1 aromatic heterocycles. The molecule has 1 atom stereocenters. The summed E-state index contributed by atoms with van der Waals surface area (Å²) in [5.74, 6) is 1.91. The summed E-state index contributed by atoms with van der Waals surface area (Å²) in [5.41, 5.74) is 8.22. The van der Waals surface area contributed by atoms with E-state index in [1.165, 1.54) is 0 Å². The highest BCUT2D eigenvalue weighted by atomic mass is 16.6. The number of imidazole rings is 1. The SMILES string of the molecule is CC(C)C(N)c1cncn1-c1ccc2c(c1)OCCO2. The van der Waals surface area contributed by atoms with E-state index in [-0.39, 0.29) is 6.04 Å². The van der Waals surface area contributed by atoms with Crippen molar-refractivity contribution >= 4 is 0 Å². The maximum Gasteiger partial charge on any atom is 0.163 e. The van der Waals surface area contributed by atoms with E-state index >= 15 is 0 Å². The number of hydrogen-bond donors (Lipinski definition) is 1. The lowest BCUT2D eigenvalue weighted by molar-refractivity contribution is 0.171. The monoisotopic (exact) mass is 273 g/mol. The van der Waals surface area contributed by atoms with Crippen LogP contribution in [-0.2, 0) is 0 Å². The first kappa shape index (κ1) is 13.0. The van der Waals surface area contributed by atoms with E-state index in [0.717, 1.165) is 22.9 Å². The summed E-state index contributed by atoms with van der Waals surface area (Å²) in [6.07, 6.45) is 3.60. The molecule has 2 N–H and O–H groups in total. The van der Waals surface area contributed by atoms with Crippen LogP contribution in [0.1, 0.15) is 25.6 Å². The maximum absolute atomic E-state index is 6.24. The van der Waals surface area contributed by atoms with E-state index in [1.54, 1.807) is 6.33 Å². The van der Waals surface area contributed by atoms with Gasteiger partial charge in [-0.15, -0.1) is 0 Å². The highest BCUT2D eigenvalue weighted by molar-refractivity contribution is 5.50. The van der Waals surface area contributed by atoms with Gasteiger partial charge in [0.2, 0.25) is 0 Å². The van der Waals surface area contributed by atoms with Gasteiger partial charge in [0.05, 0.1) is 23.9 Å². The molecule has 5 heteroatoms. The highest BCUT2D eigenvalue weighted by Gasteiger charge is 2.18. The van der Waals surface area contributed by atoms with Gasteiger partial charge >= 0.3 is 0 Å². The predicted octanol–water partition coefficient (Wildman–Crippen LogP) is 2.30. The van der Waals surface area contributed by atoms with Crippen molar-refractivity contribution in [3.05, 3.63) is 36.4 Å². The van der Waals surface area contributed by atoms with Gasteiger partial charge in [0.1, 0.15) is 13.2 Å². The molecule has 20 heavy (non-hydrogen) atoms. The number of ether oxygens (including phenoxy) is 2. The number of rotatable bonds is 3. The second-order valence-electron chi connectivity index (χ2n) is 5.29. The third-order valence-electron chi connectivity index (χ3n) is 3.53. The van der Waals surface area contributed by atoms with E-state index in [0.29, 0.717) is 19.1 Å². The lowest BCUT2D eigenvalue weighted by atomic mass is 10.0. The fraction of sp³-hybridized carbons (Fsp3) is 0.400. The molecule has 2 heterocycles. The summed E-state index contributed by atoms with van der Waals surface area (Å²) in [6.45, 7) is 5.39. The lowest BCUT2D eigenvalue weighted by Crippen LogP contribution is -2.20. The van der Waals surface area contributed by atoms with Crippen molar-refractivity contribution < 1.29 is 9.47 Å². The zero-order valence-corrected chi connectivity index (χ0v) is 11.7. The molecule has 0 saturated carbocycles. The van der Waals surface area contributed by atoms with Crippen molar-refractivity contribution in [2.24, 2.45) is 11.7 Å². The standard InChI is InChI=1S/C15H19N3O2/c1-10(2)15(16)12-8-17-9-18(12)11-3-4-13-14(7-11)20-6-5-19-13/h3-4,7-10,15H,5-6,16H2,1-2H3. The molecule has 1 aromatic carbocycles. The van der Waals surface area contributed by atoms with Gasteiger partial charge in [0.15, 0.2) is 11.5 Å². The Kier molecular flexibility index (Phi) is 3.36. The lowest BCUT2D eigenvalue weighted by Gasteiger charge is -2.21. The van der Waals surface area contributed by atoms with E-state index in [2.05, 4.69) is 18.8 Å². The van der Waals surface area contributed by atoms with Crippen LogP contribution in [0.5, 0.6) is 11.5 Å². The zero-order chi connectivity index (χ0) is 14.1. The van der Waals surface area contributed by atoms with Crippen molar-refractivity contribution in [3.63, 3.8) is 0 Å². The largest absolute Gasteiger partial charge is 0.486 e. The van der Waals surface area contributed by atoms with Crippen LogP contribution in [0.15, 0.2) is 30.7 Å². The normalized spacial score (nSPS) is 15.4. The number of nitrogens with two attached hydrogens (primary N) is 1. The first-order valence-electron chi connectivity index (χ1n) is 6.84. The van der Waals surface area contributed by atoms with Gasteiger partial charge in [-0.25, -0.2) is 4.98 Å². The van der Waals surface area contributed by atoms with Gasteiger partial charge in [-0.3, -0.25) is 0 Å². The molecule has 2 aromatic rings. The summed E-state index contributed by atoms with van der Waals surface area (Å²) in [5, 5.41) is 0. The predicted molar refractivity (Wildman–Crippen MR) is 76.3 cm³/mol. The topological polar surface area (TPSA) is 62.3 Å². The Morgan fingerprint density at radius 2 is 1.95 bits per heavy atom. The van der Waals surface area contributed by atoms with Crippen molar-refractivity contribution in [3.8, 4) is 17.2 Å². The number of fused-ring (bicyclic) bond motifs is 1. The van der Waals surface area contributed by atoms with Crippen LogP contribution >= 0.6 is 0 Å². The molecule has 0 aliphatic carbocycles. The minimum Gasteiger partial charge on any atom is -0.486 e. The Hall–Kier alpha value is -2.01. The number of benzene rings is 1. The molecule has 0 amide bonds. The molecule has 1 unspecified atom stereocenters. The van der Waals surface area contributed by atoms with Gasteiger partial charge in [0.25, 0.3) is 0 Å². The molecular weight excluding hydrogens is 254 g/mol. The van der Waals surface area contributed by atoms with Gasteiger partial charge in [-0.05, 0) is 18.1 Å². The van der Waals surface area contributed by atoms with Gasteiger partial charge in [-0.2, -0.15) is 0 Å². The van der Waals surface area contributed by atoms with Crippen LogP contribution in [-0.4, -0.2) is 22.8 Å². The van der Waals surface area contributed by atoms with Crippen molar-refractivity contribution in [2.45, 2.75) is 19.9 Å². The van der Waals surface area contributed by atoms with Crippen LogP contribution in [0, 0.1) is 5.92 Å². The van der Waals surface area contributed by atoms with Crippen LogP contribution in [0.25, 0.3) is 5.69 Å². The van der Waals surface area contributed by atoms with E-state index < -0.39 is 0 Å². The minimum absolute atomic E-state index is 0.0503. The Bertz CT molecular complexity index is 607. The third-order valence-corrected chi connectivity index (χ3v) is 3.53. The van der Waals surface area contributed by atoms with Crippen molar-refractivity contribution in [1.82, 2.24) is 9.55 Å². The van der Waals surface area contributed by atoms with Crippen LogP contribution < -0.4 is 15.2 Å². The van der Waals surface area contributed by atoms with Crippen LogP contribution in [0.3, 0.4) is 0 Å². The zero-order valence-electron chi connectivity index (χ0n) is 11.7. The fourth-order valence-electron chi connectivity index (χ4n) is 2.29. The summed E-state index contributed by atoms with van der Waals surface area (Å²) in [4.78, 5) is 4.22. The van der Waals surface area contributed by atoms with Gasteiger partial charge < -0.3 is 19.8 Å².